The van der Waals surface area contributed by atoms with E-state index in [1.54, 1.807) is 0 Å². The molecule has 0 fully saturated rings. The third-order valence-electron chi connectivity index (χ3n) is 8.69. The fourth-order valence-corrected chi connectivity index (χ4v) is 5.84. The summed E-state index contributed by atoms with van der Waals surface area (Å²) in [5, 5.41) is 20.3. The predicted octanol–water partition coefficient (Wildman–Crippen LogP) is 4.57. The van der Waals surface area contributed by atoms with Crippen LogP contribution in [0.25, 0.3) is 38.4 Å². The van der Waals surface area contributed by atoms with Gasteiger partial charge in [-0.2, -0.15) is 26.3 Å². The van der Waals surface area contributed by atoms with Gasteiger partial charge >= 0.3 is 12.4 Å². The molecule has 0 aliphatic heterocycles. The van der Waals surface area contributed by atoms with Crippen molar-refractivity contribution in [3.05, 3.63) is 106 Å². The summed E-state index contributed by atoms with van der Waals surface area (Å²) < 4.78 is 85.7. The van der Waals surface area contributed by atoms with E-state index in [1.165, 1.54) is 33.9 Å². The Bertz CT molecular complexity index is 2240. The molecule has 0 spiro atoms. The van der Waals surface area contributed by atoms with Crippen molar-refractivity contribution >= 4 is 21.5 Å². The average molecular weight is 649 g/mol. The van der Waals surface area contributed by atoms with Gasteiger partial charge in [0, 0.05) is 12.6 Å². The van der Waals surface area contributed by atoms with Crippen molar-refractivity contribution in [3.8, 4) is 16.8 Å². The van der Waals surface area contributed by atoms with Crippen LogP contribution < -0.4 is 22.2 Å². The standard InChI is InChI=1S/C32H26F6N2O6/c1-13-7-15(3)22(29(4,45)31(33,34)35)11-16(13)17-12-23(30(5,46)32(36,37)38)24(8-14(17)2)40-27(43)20-9-18-19(10-21(20)28(40)44)26(42)39(6)25(18)41/h7-12,45-46H,1-6H3. The van der Waals surface area contributed by atoms with Crippen LogP contribution in [-0.4, -0.2) is 31.7 Å². The Morgan fingerprint density at radius 2 is 0.913 bits per heavy atom. The molecule has 2 aromatic heterocycles. The van der Waals surface area contributed by atoms with E-state index in [2.05, 4.69) is 0 Å². The quantitative estimate of drug-likeness (QED) is 0.276. The summed E-state index contributed by atoms with van der Waals surface area (Å²) in [6.07, 6.45) is -10.5. The number of aromatic nitrogens is 2. The second-order valence-electron chi connectivity index (χ2n) is 11.9. The van der Waals surface area contributed by atoms with Crippen molar-refractivity contribution in [2.75, 3.05) is 0 Å². The average Bonchev–Trinajstić information content (AvgIpc) is 3.30. The van der Waals surface area contributed by atoms with Crippen LogP contribution in [0.3, 0.4) is 0 Å². The number of alkyl halides is 6. The largest absolute Gasteiger partial charge is 0.421 e. The van der Waals surface area contributed by atoms with Gasteiger partial charge in [-0.3, -0.25) is 23.7 Å². The minimum Gasteiger partial charge on any atom is -0.376 e. The number of aliphatic hydroxyl groups is 2. The molecule has 2 atom stereocenters. The third-order valence-corrected chi connectivity index (χ3v) is 8.69. The minimum atomic E-state index is -5.37. The molecule has 2 heterocycles. The molecule has 0 aliphatic carbocycles. The van der Waals surface area contributed by atoms with Crippen molar-refractivity contribution in [2.24, 2.45) is 7.05 Å². The van der Waals surface area contributed by atoms with Crippen LogP contribution in [0.5, 0.6) is 0 Å². The number of hydrogen-bond donors (Lipinski definition) is 2. The molecule has 0 amide bonds. The second-order valence-corrected chi connectivity index (χ2v) is 11.9. The molecule has 46 heavy (non-hydrogen) atoms. The lowest BCUT2D eigenvalue weighted by Gasteiger charge is -2.31. The van der Waals surface area contributed by atoms with Crippen molar-refractivity contribution < 1.29 is 36.6 Å². The zero-order valence-corrected chi connectivity index (χ0v) is 25.2. The Kier molecular flexibility index (Phi) is 7.11. The maximum absolute atomic E-state index is 14.4. The molecule has 2 unspecified atom stereocenters. The predicted molar refractivity (Wildman–Crippen MR) is 158 cm³/mol. The lowest BCUT2D eigenvalue weighted by Crippen LogP contribution is -2.41. The summed E-state index contributed by atoms with van der Waals surface area (Å²) in [5.41, 5.74) is -12.6. The van der Waals surface area contributed by atoms with Crippen LogP contribution >= 0.6 is 0 Å². The van der Waals surface area contributed by atoms with E-state index in [0.717, 1.165) is 34.9 Å². The van der Waals surface area contributed by atoms with Crippen molar-refractivity contribution in [2.45, 2.75) is 58.2 Å². The summed E-state index contributed by atoms with van der Waals surface area (Å²) in [4.78, 5) is 52.2. The Morgan fingerprint density at radius 1 is 0.543 bits per heavy atom. The molecule has 3 aromatic carbocycles. The van der Waals surface area contributed by atoms with Gasteiger partial charge in [0.1, 0.15) is 0 Å². The highest BCUT2D eigenvalue weighted by Crippen LogP contribution is 2.45. The van der Waals surface area contributed by atoms with Gasteiger partial charge < -0.3 is 10.2 Å². The van der Waals surface area contributed by atoms with Crippen LogP contribution in [0, 0.1) is 20.8 Å². The summed E-state index contributed by atoms with van der Waals surface area (Å²) in [7, 11) is 1.20. The van der Waals surface area contributed by atoms with Gasteiger partial charge in [0.25, 0.3) is 22.2 Å². The molecule has 5 rings (SSSR count). The molecule has 14 heteroatoms. The van der Waals surface area contributed by atoms with Crippen LogP contribution in [0.15, 0.2) is 55.6 Å². The molecule has 0 bridgehead atoms. The molecular formula is C32H26F6N2O6. The maximum atomic E-state index is 14.4. The highest BCUT2D eigenvalue weighted by Gasteiger charge is 2.53. The summed E-state index contributed by atoms with van der Waals surface area (Å²) >= 11 is 0. The molecule has 242 valence electrons. The van der Waals surface area contributed by atoms with E-state index >= 15 is 0 Å². The first-order valence-electron chi connectivity index (χ1n) is 13.7. The Hall–Kier alpha value is -4.56. The molecule has 0 radical (unpaired) electrons. The van der Waals surface area contributed by atoms with Crippen molar-refractivity contribution in [3.63, 3.8) is 0 Å². The van der Waals surface area contributed by atoms with Crippen molar-refractivity contribution in [1.29, 1.82) is 0 Å². The van der Waals surface area contributed by atoms with Crippen LogP contribution in [-0.2, 0) is 18.2 Å². The lowest BCUT2D eigenvalue weighted by atomic mass is 9.83. The Balaban J connectivity index is 1.88. The second kappa shape index (κ2) is 9.97. The van der Waals surface area contributed by atoms with Crippen LogP contribution in [0.2, 0.25) is 0 Å². The van der Waals surface area contributed by atoms with E-state index in [9.17, 15) is 55.7 Å². The molecule has 0 saturated carbocycles. The number of benzene rings is 3. The van der Waals surface area contributed by atoms with Crippen LogP contribution in [0.1, 0.15) is 41.7 Å². The summed E-state index contributed by atoms with van der Waals surface area (Å²) in [6, 6.07) is 6.21. The number of hydrogen-bond acceptors (Lipinski definition) is 6. The number of halogens is 6. The van der Waals surface area contributed by atoms with Gasteiger partial charge in [0.05, 0.1) is 27.2 Å². The number of rotatable bonds is 4. The van der Waals surface area contributed by atoms with E-state index in [1.807, 2.05) is 0 Å². The lowest BCUT2D eigenvalue weighted by molar-refractivity contribution is -0.259. The third kappa shape index (κ3) is 4.53. The fraction of sp³-hybridized carbons (Fsp3) is 0.312. The topological polar surface area (TPSA) is 119 Å². The number of fused-ring (bicyclic) bond motifs is 2. The monoisotopic (exact) mass is 648 g/mol. The molecular weight excluding hydrogens is 622 g/mol. The van der Waals surface area contributed by atoms with E-state index in [0.29, 0.717) is 24.0 Å². The van der Waals surface area contributed by atoms with Gasteiger partial charge in [-0.05, 0) is 98.3 Å². The van der Waals surface area contributed by atoms with E-state index < -0.39 is 62.6 Å². The SMILES string of the molecule is Cc1cc(C)c(C(C)(O)C(F)(F)F)cc1-c1cc(C(C)(O)C(F)(F)F)c(-n2c(=O)c3cc4c(=O)n(C)c(=O)c4cc3c2=O)cc1C. The zero-order valence-electron chi connectivity index (χ0n) is 25.2. The van der Waals surface area contributed by atoms with Gasteiger partial charge in [0.15, 0.2) is 11.2 Å². The first-order chi connectivity index (χ1) is 20.9. The molecule has 5 aromatic rings. The first kappa shape index (κ1) is 32.8. The van der Waals surface area contributed by atoms with E-state index in [-0.39, 0.29) is 43.8 Å². The summed E-state index contributed by atoms with van der Waals surface area (Å²) in [6.45, 7) is 5.14. The highest BCUT2D eigenvalue weighted by atomic mass is 19.4. The maximum Gasteiger partial charge on any atom is 0.421 e. The zero-order chi connectivity index (χ0) is 34.6. The van der Waals surface area contributed by atoms with Gasteiger partial charge in [-0.25, -0.2) is 4.57 Å². The Morgan fingerprint density at radius 3 is 1.35 bits per heavy atom. The van der Waals surface area contributed by atoms with E-state index in [4.69, 9.17) is 0 Å². The van der Waals surface area contributed by atoms with Crippen LogP contribution in [0.4, 0.5) is 26.3 Å². The highest BCUT2D eigenvalue weighted by molar-refractivity contribution is 5.98. The van der Waals surface area contributed by atoms with Gasteiger partial charge in [-0.15, -0.1) is 0 Å². The molecule has 0 saturated heterocycles. The molecule has 2 N–H and O–H groups in total. The van der Waals surface area contributed by atoms with Gasteiger partial charge in [0.2, 0.25) is 0 Å². The molecule has 8 nitrogen and oxygen atoms in total. The minimum absolute atomic E-state index is 0.00618. The molecule has 0 aliphatic rings. The van der Waals surface area contributed by atoms with Crippen molar-refractivity contribution in [1.82, 2.24) is 9.13 Å². The smallest absolute Gasteiger partial charge is 0.376 e. The first-order valence-corrected chi connectivity index (χ1v) is 13.7. The number of nitrogens with zero attached hydrogens (tertiary/aromatic N) is 2. The summed E-state index contributed by atoms with van der Waals surface area (Å²) in [5.74, 6) is 0. The van der Waals surface area contributed by atoms with Gasteiger partial charge in [-0.1, -0.05) is 6.07 Å². The number of aryl methyl sites for hydroxylation is 3. The normalized spacial score (nSPS) is 15.4. The fourth-order valence-electron chi connectivity index (χ4n) is 5.84. The Labute approximate surface area is 255 Å².